The zero-order valence-electron chi connectivity index (χ0n) is 12.9. The molecule has 1 heterocycles. The zero-order chi connectivity index (χ0) is 15.9. The van der Waals surface area contributed by atoms with E-state index in [-0.39, 0.29) is 16.1 Å². The minimum atomic E-state index is -0.321. The molecule has 0 radical (unpaired) electrons. The van der Waals surface area contributed by atoms with Crippen molar-refractivity contribution in [2.24, 2.45) is 0 Å². The van der Waals surface area contributed by atoms with Crippen LogP contribution in [-0.2, 0) is 5.54 Å². The molecule has 3 rings (SSSR count). The molecule has 0 aliphatic carbocycles. The first kappa shape index (κ1) is 14.3. The van der Waals surface area contributed by atoms with Gasteiger partial charge in [0.25, 0.3) is 5.69 Å². The second kappa shape index (κ2) is 4.98. The maximum absolute atomic E-state index is 11.3. The standard InChI is InChI=1S/C18H18N2O2/c1-18(2,3)19-12-15(13-8-4-6-10-16(13)19)14-9-5-7-11-17(14)20(21)22/h4-12H,1-3H3. The number of nitro benzene ring substituents is 1. The van der Waals surface area contributed by atoms with Gasteiger partial charge in [-0.2, -0.15) is 0 Å². The first-order valence-corrected chi connectivity index (χ1v) is 7.24. The molecule has 3 aromatic rings. The summed E-state index contributed by atoms with van der Waals surface area (Å²) in [6.07, 6.45) is 2.02. The number of para-hydroxylation sites is 2. The molecule has 0 saturated carbocycles. The van der Waals surface area contributed by atoms with Crippen molar-refractivity contribution in [1.29, 1.82) is 0 Å². The lowest BCUT2D eigenvalue weighted by Gasteiger charge is -2.22. The van der Waals surface area contributed by atoms with Crippen molar-refractivity contribution in [2.45, 2.75) is 26.3 Å². The van der Waals surface area contributed by atoms with Gasteiger partial charge in [0.2, 0.25) is 0 Å². The van der Waals surface area contributed by atoms with Gasteiger partial charge in [-0.05, 0) is 32.9 Å². The molecule has 22 heavy (non-hydrogen) atoms. The SMILES string of the molecule is CC(C)(C)n1cc(-c2ccccc2[N+](=O)[O-])c2ccccc21. The summed E-state index contributed by atoms with van der Waals surface area (Å²) in [4.78, 5) is 11.0. The van der Waals surface area contributed by atoms with E-state index >= 15 is 0 Å². The molecule has 0 amide bonds. The second-order valence-corrected chi connectivity index (χ2v) is 6.38. The van der Waals surface area contributed by atoms with Gasteiger partial charge in [-0.25, -0.2) is 0 Å². The highest BCUT2D eigenvalue weighted by Crippen LogP contribution is 2.37. The fourth-order valence-corrected chi connectivity index (χ4v) is 2.81. The summed E-state index contributed by atoms with van der Waals surface area (Å²) in [7, 11) is 0. The average Bonchev–Trinajstić information content (AvgIpc) is 2.86. The Balaban J connectivity index is 2.36. The van der Waals surface area contributed by atoms with Crippen LogP contribution in [0.1, 0.15) is 20.8 Å². The largest absolute Gasteiger partial charge is 0.342 e. The molecule has 0 spiro atoms. The molecular formula is C18H18N2O2. The molecule has 2 aromatic carbocycles. The van der Waals surface area contributed by atoms with Gasteiger partial charge < -0.3 is 4.57 Å². The van der Waals surface area contributed by atoms with E-state index in [9.17, 15) is 10.1 Å². The average molecular weight is 294 g/mol. The maximum atomic E-state index is 11.3. The molecule has 0 fully saturated rings. The van der Waals surface area contributed by atoms with E-state index in [1.165, 1.54) is 0 Å². The minimum Gasteiger partial charge on any atom is -0.342 e. The molecule has 0 saturated heterocycles. The highest BCUT2D eigenvalue weighted by atomic mass is 16.6. The smallest absolute Gasteiger partial charge is 0.277 e. The van der Waals surface area contributed by atoms with Gasteiger partial charge in [-0.1, -0.05) is 30.3 Å². The lowest BCUT2D eigenvalue weighted by molar-refractivity contribution is -0.384. The van der Waals surface area contributed by atoms with Crippen molar-refractivity contribution in [3.8, 4) is 11.1 Å². The van der Waals surface area contributed by atoms with Gasteiger partial charge in [-0.15, -0.1) is 0 Å². The molecule has 112 valence electrons. The van der Waals surface area contributed by atoms with Gasteiger partial charge in [0.1, 0.15) is 0 Å². The molecule has 1 aromatic heterocycles. The lowest BCUT2D eigenvalue weighted by Crippen LogP contribution is -2.20. The highest BCUT2D eigenvalue weighted by molar-refractivity contribution is 5.98. The van der Waals surface area contributed by atoms with Crippen molar-refractivity contribution in [2.75, 3.05) is 0 Å². The van der Waals surface area contributed by atoms with E-state index in [0.29, 0.717) is 5.56 Å². The van der Waals surface area contributed by atoms with Gasteiger partial charge in [0, 0.05) is 34.3 Å². The maximum Gasteiger partial charge on any atom is 0.277 e. The van der Waals surface area contributed by atoms with Crippen LogP contribution in [0.3, 0.4) is 0 Å². The van der Waals surface area contributed by atoms with Crippen molar-refractivity contribution in [1.82, 2.24) is 4.57 Å². The fraction of sp³-hybridized carbons (Fsp3) is 0.222. The highest BCUT2D eigenvalue weighted by Gasteiger charge is 2.22. The Labute approximate surface area is 129 Å². The number of fused-ring (bicyclic) bond motifs is 1. The molecule has 0 aliphatic heterocycles. The first-order chi connectivity index (χ1) is 10.4. The van der Waals surface area contributed by atoms with E-state index in [1.54, 1.807) is 12.1 Å². The van der Waals surface area contributed by atoms with Gasteiger partial charge in [0.15, 0.2) is 0 Å². The number of hydrogen-bond donors (Lipinski definition) is 0. The molecule has 4 heteroatoms. The van der Waals surface area contributed by atoms with E-state index in [2.05, 4.69) is 31.4 Å². The summed E-state index contributed by atoms with van der Waals surface area (Å²) in [5.41, 5.74) is 2.69. The predicted octanol–water partition coefficient (Wildman–Crippen LogP) is 4.97. The van der Waals surface area contributed by atoms with E-state index in [4.69, 9.17) is 0 Å². The third kappa shape index (κ3) is 2.26. The molecule has 0 bridgehead atoms. The van der Waals surface area contributed by atoms with Crippen LogP contribution in [0.4, 0.5) is 5.69 Å². The molecule has 0 N–H and O–H groups in total. The number of nitrogens with zero attached hydrogens (tertiary/aromatic N) is 2. The van der Waals surface area contributed by atoms with Crippen LogP contribution in [0.2, 0.25) is 0 Å². The Kier molecular flexibility index (Phi) is 3.24. The Bertz CT molecular complexity index is 857. The van der Waals surface area contributed by atoms with Crippen molar-refractivity contribution in [3.63, 3.8) is 0 Å². The van der Waals surface area contributed by atoms with Crippen LogP contribution in [-0.4, -0.2) is 9.49 Å². The molecule has 0 atom stereocenters. The summed E-state index contributed by atoms with van der Waals surface area (Å²) in [5, 5.41) is 12.4. The molecular weight excluding hydrogens is 276 g/mol. The normalized spacial score (nSPS) is 11.8. The molecule has 0 aliphatic rings. The number of aromatic nitrogens is 1. The third-order valence-corrected chi connectivity index (χ3v) is 3.83. The monoisotopic (exact) mass is 294 g/mol. The molecule has 0 unspecified atom stereocenters. The van der Waals surface area contributed by atoms with E-state index in [0.717, 1.165) is 16.5 Å². The van der Waals surface area contributed by atoms with Crippen LogP contribution in [0.5, 0.6) is 0 Å². The van der Waals surface area contributed by atoms with Crippen molar-refractivity contribution in [3.05, 3.63) is 64.8 Å². The number of hydrogen-bond acceptors (Lipinski definition) is 2. The van der Waals surface area contributed by atoms with Crippen molar-refractivity contribution >= 4 is 16.6 Å². The Hall–Kier alpha value is -2.62. The van der Waals surface area contributed by atoms with Gasteiger partial charge in [-0.3, -0.25) is 10.1 Å². The summed E-state index contributed by atoms with van der Waals surface area (Å²) in [5.74, 6) is 0. The van der Waals surface area contributed by atoms with Crippen LogP contribution in [0, 0.1) is 10.1 Å². The molecule has 4 nitrogen and oxygen atoms in total. The Morgan fingerprint density at radius 1 is 0.955 bits per heavy atom. The van der Waals surface area contributed by atoms with Crippen LogP contribution >= 0.6 is 0 Å². The second-order valence-electron chi connectivity index (χ2n) is 6.38. The topological polar surface area (TPSA) is 48.1 Å². The van der Waals surface area contributed by atoms with Gasteiger partial charge in [0.05, 0.1) is 10.5 Å². The van der Waals surface area contributed by atoms with Crippen LogP contribution in [0.15, 0.2) is 54.7 Å². The van der Waals surface area contributed by atoms with Crippen molar-refractivity contribution < 1.29 is 4.92 Å². The summed E-state index contributed by atoms with van der Waals surface area (Å²) in [6.45, 7) is 6.38. The fourth-order valence-electron chi connectivity index (χ4n) is 2.81. The summed E-state index contributed by atoms with van der Waals surface area (Å²) in [6, 6.07) is 14.9. The quantitative estimate of drug-likeness (QED) is 0.495. The zero-order valence-corrected chi connectivity index (χ0v) is 12.9. The van der Waals surface area contributed by atoms with Crippen LogP contribution in [0.25, 0.3) is 22.0 Å². The number of benzene rings is 2. The Morgan fingerprint density at radius 3 is 2.27 bits per heavy atom. The van der Waals surface area contributed by atoms with Gasteiger partial charge >= 0.3 is 0 Å². The van der Waals surface area contributed by atoms with E-state index in [1.807, 2.05) is 36.5 Å². The lowest BCUT2D eigenvalue weighted by atomic mass is 10.0. The Morgan fingerprint density at radius 2 is 1.59 bits per heavy atom. The van der Waals surface area contributed by atoms with Crippen LogP contribution < -0.4 is 0 Å². The first-order valence-electron chi connectivity index (χ1n) is 7.24. The summed E-state index contributed by atoms with van der Waals surface area (Å²) >= 11 is 0. The number of rotatable bonds is 2. The minimum absolute atomic E-state index is 0.0958. The number of nitro groups is 1. The van der Waals surface area contributed by atoms with E-state index < -0.39 is 0 Å². The third-order valence-electron chi connectivity index (χ3n) is 3.83. The summed E-state index contributed by atoms with van der Waals surface area (Å²) < 4.78 is 2.17. The predicted molar refractivity (Wildman–Crippen MR) is 89.0 cm³/mol.